The third-order valence-electron chi connectivity index (χ3n) is 2.13. The summed E-state index contributed by atoms with van der Waals surface area (Å²) in [6.07, 6.45) is 1.56. The van der Waals surface area contributed by atoms with Crippen molar-refractivity contribution < 1.29 is 8.78 Å². The van der Waals surface area contributed by atoms with E-state index in [0.29, 0.717) is 10.7 Å². The van der Waals surface area contributed by atoms with Gasteiger partial charge in [-0.15, -0.1) is 0 Å². The van der Waals surface area contributed by atoms with Gasteiger partial charge in [0.25, 0.3) is 0 Å². The molecule has 0 saturated heterocycles. The first-order valence-electron chi connectivity index (χ1n) is 4.26. The van der Waals surface area contributed by atoms with Crippen LogP contribution in [0.2, 0.25) is 0 Å². The Morgan fingerprint density at radius 2 is 2.07 bits per heavy atom. The first-order chi connectivity index (χ1) is 7.09. The first-order valence-corrected chi connectivity index (χ1v) is 5.07. The van der Waals surface area contributed by atoms with Crippen LogP contribution >= 0.6 is 11.3 Å². The molecule has 15 heavy (non-hydrogen) atoms. The number of hydrogen-bond acceptors (Lipinski definition) is 3. The van der Waals surface area contributed by atoms with Crippen molar-refractivity contribution in [3.8, 4) is 10.4 Å². The molecule has 1 aromatic heterocycles. The molecule has 5 heteroatoms. The molecule has 0 saturated carbocycles. The van der Waals surface area contributed by atoms with Crippen LogP contribution in [0.1, 0.15) is 5.56 Å². The Hall–Kier alpha value is -1.49. The van der Waals surface area contributed by atoms with E-state index in [0.717, 1.165) is 10.9 Å². The summed E-state index contributed by atoms with van der Waals surface area (Å²) >= 11 is 1.25. The molecule has 2 rings (SSSR count). The minimum absolute atomic E-state index is 0.277. The molecule has 78 valence electrons. The first kappa shape index (κ1) is 10.0. The summed E-state index contributed by atoms with van der Waals surface area (Å²) in [5, 5.41) is 0.411. The summed E-state index contributed by atoms with van der Waals surface area (Å²) in [5.74, 6) is -1.66. The second-order valence-corrected chi connectivity index (χ2v) is 4.16. The summed E-state index contributed by atoms with van der Waals surface area (Å²) in [6, 6.07) is 2.63. The topological polar surface area (TPSA) is 38.9 Å². The minimum Gasteiger partial charge on any atom is -0.375 e. The van der Waals surface area contributed by atoms with Crippen LogP contribution < -0.4 is 5.73 Å². The molecule has 0 atom stereocenters. The second-order valence-electron chi connectivity index (χ2n) is 3.10. The zero-order valence-electron chi connectivity index (χ0n) is 7.92. The van der Waals surface area contributed by atoms with Crippen LogP contribution in [0.3, 0.4) is 0 Å². The minimum atomic E-state index is -0.839. The average Bonchev–Trinajstić information content (AvgIpc) is 2.61. The van der Waals surface area contributed by atoms with Gasteiger partial charge in [-0.2, -0.15) is 0 Å². The average molecular weight is 226 g/mol. The van der Waals surface area contributed by atoms with E-state index in [4.69, 9.17) is 5.73 Å². The fourth-order valence-electron chi connectivity index (χ4n) is 1.33. The van der Waals surface area contributed by atoms with Crippen molar-refractivity contribution in [2.75, 3.05) is 5.73 Å². The number of rotatable bonds is 1. The molecule has 0 unspecified atom stereocenters. The second kappa shape index (κ2) is 3.58. The monoisotopic (exact) mass is 226 g/mol. The summed E-state index contributed by atoms with van der Waals surface area (Å²) < 4.78 is 26.1. The van der Waals surface area contributed by atoms with Crippen molar-refractivity contribution in [2.45, 2.75) is 6.92 Å². The molecular weight excluding hydrogens is 218 g/mol. The van der Waals surface area contributed by atoms with Gasteiger partial charge in [0.2, 0.25) is 0 Å². The van der Waals surface area contributed by atoms with Crippen LogP contribution in [-0.4, -0.2) is 4.98 Å². The number of nitrogens with two attached hydrogens (primary N) is 1. The van der Waals surface area contributed by atoms with Crippen molar-refractivity contribution in [3.05, 3.63) is 35.5 Å². The number of nitrogen functional groups attached to an aromatic ring is 1. The summed E-state index contributed by atoms with van der Waals surface area (Å²) in [6.45, 7) is 1.53. The van der Waals surface area contributed by atoms with Gasteiger partial charge < -0.3 is 5.73 Å². The molecule has 0 aliphatic rings. The van der Waals surface area contributed by atoms with E-state index in [2.05, 4.69) is 4.98 Å². The largest absolute Gasteiger partial charge is 0.375 e. The fraction of sp³-hybridized carbons (Fsp3) is 0.100. The van der Waals surface area contributed by atoms with Crippen LogP contribution in [-0.2, 0) is 0 Å². The molecule has 0 bridgehead atoms. The molecule has 0 radical (unpaired) electrons. The van der Waals surface area contributed by atoms with E-state index in [1.165, 1.54) is 24.3 Å². The van der Waals surface area contributed by atoms with E-state index >= 15 is 0 Å². The zero-order chi connectivity index (χ0) is 11.0. The molecule has 0 aliphatic carbocycles. The van der Waals surface area contributed by atoms with Gasteiger partial charge in [-0.05, 0) is 24.1 Å². The molecule has 0 amide bonds. The maximum Gasteiger partial charge on any atom is 0.180 e. The third-order valence-corrected chi connectivity index (χ3v) is 2.99. The van der Waals surface area contributed by atoms with Crippen molar-refractivity contribution in [3.63, 3.8) is 0 Å². The quantitative estimate of drug-likeness (QED) is 0.811. The van der Waals surface area contributed by atoms with E-state index in [9.17, 15) is 8.78 Å². The third kappa shape index (κ3) is 1.70. The highest BCUT2D eigenvalue weighted by molar-refractivity contribution is 7.18. The molecule has 2 N–H and O–H groups in total. The predicted molar refractivity (Wildman–Crippen MR) is 56.6 cm³/mol. The Morgan fingerprint density at radius 3 is 2.67 bits per heavy atom. The number of aromatic nitrogens is 1. The number of anilines is 1. The van der Waals surface area contributed by atoms with E-state index in [1.807, 2.05) is 0 Å². The van der Waals surface area contributed by atoms with Gasteiger partial charge in [0.1, 0.15) is 0 Å². The maximum atomic E-state index is 13.3. The number of nitrogens with zero attached hydrogens (tertiary/aromatic N) is 1. The van der Waals surface area contributed by atoms with Crippen LogP contribution in [0.5, 0.6) is 0 Å². The molecule has 0 aliphatic heterocycles. The summed E-state index contributed by atoms with van der Waals surface area (Å²) in [5.41, 5.74) is 6.38. The Balaban J connectivity index is 2.59. The van der Waals surface area contributed by atoms with Gasteiger partial charge in [-0.25, -0.2) is 13.8 Å². The molecule has 1 heterocycles. The Morgan fingerprint density at radius 1 is 1.33 bits per heavy atom. The van der Waals surface area contributed by atoms with Crippen LogP contribution in [0.4, 0.5) is 13.9 Å². The van der Waals surface area contributed by atoms with Crippen LogP contribution in [0.15, 0.2) is 18.3 Å². The fourth-order valence-corrected chi connectivity index (χ4v) is 2.10. The van der Waals surface area contributed by atoms with Gasteiger partial charge >= 0.3 is 0 Å². The molecule has 2 aromatic rings. The Bertz CT molecular complexity index is 508. The van der Waals surface area contributed by atoms with Gasteiger partial charge in [0.05, 0.1) is 4.88 Å². The van der Waals surface area contributed by atoms with Crippen molar-refractivity contribution in [1.29, 1.82) is 0 Å². The predicted octanol–water partition coefficient (Wildman–Crippen LogP) is 2.98. The standard InChI is InChI=1S/C10H8F2N2S/c1-5-6(2-3-7(11)9(5)12)8-4-14-10(13)15-8/h2-4H,1H3,(H2,13,14). The highest BCUT2D eigenvalue weighted by Gasteiger charge is 2.12. The lowest BCUT2D eigenvalue weighted by atomic mass is 10.1. The highest BCUT2D eigenvalue weighted by Crippen LogP contribution is 2.31. The highest BCUT2D eigenvalue weighted by atomic mass is 32.1. The van der Waals surface area contributed by atoms with Crippen molar-refractivity contribution in [2.24, 2.45) is 0 Å². The van der Waals surface area contributed by atoms with Gasteiger partial charge in [-0.3, -0.25) is 0 Å². The molecular formula is C10H8F2N2S. The van der Waals surface area contributed by atoms with Gasteiger partial charge in [0.15, 0.2) is 16.8 Å². The van der Waals surface area contributed by atoms with Gasteiger partial charge in [0, 0.05) is 6.20 Å². The molecule has 0 spiro atoms. The molecule has 1 aromatic carbocycles. The number of thiazole rings is 1. The SMILES string of the molecule is Cc1c(-c2cnc(N)s2)ccc(F)c1F. The number of benzene rings is 1. The lowest BCUT2D eigenvalue weighted by Crippen LogP contribution is -1.91. The van der Waals surface area contributed by atoms with E-state index in [-0.39, 0.29) is 5.56 Å². The summed E-state index contributed by atoms with van der Waals surface area (Å²) in [4.78, 5) is 4.61. The van der Waals surface area contributed by atoms with Crippen molar-refractivity contribution in [1.82, 2.24) is 4.98 Å². The lowest BCUT2D eigenvalue weighted by Gasteiger charge is -2.04. The number of halogens is 2. The molecule has 2 nitrogen and oxygen atoms in total. The van der Waals surface area contributed by atoms with Crippen molar-refractivity contribution >= 4 is 16.5 Å². The normalized spacial score (nSPS) is 10.6. The smallest absolute Gasteiger partial charge is 0.180 e. The summed E-state index contributed by atoms with van der Waals surface area (Å²) in [7, 11) is 0. The van der Waals surface area contributed by atoms with Crippen LogP contribution in [0, 0.1) is 18.6 Å². The van der Waals surface area contributed by atoms with E-state index < -0.39 is 11.6 Å². The lowest BCUT2D eigenvalue weighted by molar-refractivity contribution is 0.503. The van der Waals surface area contributed by atoms with Gasteiger partial charge in [-0.1, -0.05) is 17.4 Å². The van der Waals surface area contributed by atoms with E-state index in [1.54, 1.807) is 6.20 Å². The van der Waals surface area contributed by atoms with Crippen LogP contribution in [0.25, 0.3) is 10.4 Å². The Labute approximate surface area is 89.4 Å². The number of hydrogen-bond donors (Lipinski definition) is 1. The molecule has 0 fully saturated rings. The zero-order valence-corrected chi connectivity index (χ0v) is 8.74. The Kier molecular flexibility index (Phi) is 2.40. The maximum absolute atomic E-state index is 13.3.